The highest BCUT2D eigenvalue weighted by Crippen LogP contribution is 2.22. The van der Waals surface area contributed by atoms with Crippen LogP contribution in [0.3, 0.4) is 0 Å². The van der Waals surface area contributed by atoms with Gasteiger partial charge in [0.1, 0.15) is 6.20 Å². The topological polar surface area (TPSA) is 123 Å². The Kier molecular flexibility index (Phi) is 6.60. The van der Waals surface area contributed by atoms with Crippen LogP contribution in [0.25, 0.3) is 0 Å². The fraction of sp³-hybridized carbons (Fsp3) is 0.235. The molecular formula is C17H18N4O5. The Bertz CT molecular complexity index is 809. The van der Waals surface area contributed by atoms with Gasteiger partial charge >= 0.3 is 5.82 Å². The van der Waals surface area contributed by atoms with Crippen molar-refractivity contribution >= 4 is 23.3 Å². The van der Waals surface area contributed by atoms with Crippen LogP contribution in [0.4, 0.5) is 11.5 Å². The average molecular weight is 358 g/mol. The van der Waals surface area contributed by atoms with E-state index in [0.717, 1.165) is 12.0 Å². The molecule has 2 amide bonds. The predicted molar refractivity (Wildman–Crippen MR) is 93.8 cm³/mol. The summed E-state index contributed by atoms with van der Waals surface area (Å²) in [5, 5.41) is 15.9. The second-order valence-electron chi connectivity index (χ2n) is 5.21. The minimum absolute atomic E-state index is 0.117. The molecule has 26 heavy (non-hydrogen) atoms. The smallest absolute Gasteiger partial charge is 0.406 e. The Balaban J connectivity index is 1.82. The van der Waals surface area contributed by atoms with E-state index in [0.29, 0.717) is 5.69 Å². The molecule has 0 aliphatic heterocycles. The van der Waals surface area contributed by atoms with E-state index in [2.05, 4.69) is 15.6 Å². The fourth-order valence-electron chi connectivity index (χ4n) is 2.15. The number of benzene rings is 1. The van der Waals surface area contributed by atoms with Crippen molar-refractivity contribution < 1.29 is 19.2 Å². The monoisotopic (exact) mass is 358 g/mol. The van der Waals surface area contributed by atoms with Gasteiger partial charge < -0.3 is 25.5 Å². The number of carbonyl (C=O) groups excluding carboxylic acids is 2. The van der Waals surface area contributed by atoms with Crippen molar-refractivity contribution in [3.63, 3.8) is 0 Å². The molecule has 0 saturated heterocycles. The summed E-state index contributed by atoms with van der Waals surface area (Å²) in [6.07, 6.45) is 2.02. The van der Waals surface area contributed by atoms with Crippen molar-refractivity contribution in [3.8, 4) is 5.75 Å². The molecule has 2 N–H and O–H groups in total. The highest BCUT2D eigenvalue weighted by Gasteiger charge is 2.17. The van der Waals surface area contributed by atoms with Crippen LogP contribution < -0.4 is 15.4 Å². The van der Waals surface area contributed by atoms with E-state index in [-0.39, 0.29) is 18.2 Å². The molecule has 2 rings (SSSR count). The number of para-hydroxylation sites is 1. The normalized spacial score (nSPS) is 10.0. The van der Waals surface area contributed by atoms with Crippen molar-refractivity contribution in [1.82, 2.24) is 10.3 Å². The van der Waals surface area contributed by atoms with Gasteiger partial charge in [0, 0.05) is 5.69 Å². The molecule has 9 heteroatoms. The lowest BCUT2D eigenvalue weighted by Gasteiger charge is -2.10. The molecule has 0 aliphatic rings. The molecule has 0 unspecified atom stereocenters. The summed E-state index contributed by atoms with van der Waals surface area (Å²) in [6.45, 7) is 1.27. The zero-order chi connectivity index (χ0) is 18.9. The maximum atomic E-state index is 11.9. The molecule has 0 radical (unpaired) electrons. The highest BCUT2D eigenvalue weighted by molar-refractivity contribution is 5.95. The van der Waals surface area contributed by atoms with Crippen molar-refractivity contribution in [2.75, 3.05) is 18.5 Å². The lowest BCUT2D eigenvalue weighted by atomic mass is 10.1. The minimum Gasteiger partial charge on any atom is -0.476 e. The van der Waals surface area contributed by atoms with Gasteiger partial charge in [-0.25, -0.2) is 0 Å². The fourth-order valence-corrected chi connectivity index (χ4v) is 2.15. The molecule has 0 spiro atoms. The van der Waals surface area contributed by atoms with E-state index < -0.39 is 23.3 Å². The van der Waals surface area contributed by atoms with E-state index >= 15 is 0 Å². The van der Waals surface area contributed by atoms with Crippen LogP contribution in [0.15, 0.2) is 42.6 Å². The zero-order valence-corrected chi connectivity index (χ0v) is 14.1. The van der Waals surface area contributed by atoms with Crippen LogP contribution in [0.2, 0.25) is 0 Å². The number of hydrogen-bond donors (Lipinski definition) is 2. The Labute approximate surface area is 149 Å². The third-order valence-electron chi connectivity index (χ3n) is 3.40. The molecule has 0 bridgehead atoms. The third-order valence-corrected chi connectivity index (χ3v) is 3.40. The molecule has 0 aliphatic carbocycles. The molecule has 136 valence electrons. The summed E-state index contributed by atoms with van der Waals surface area (Å²) < 4.78 is 5.10. The molecule has 1 aromatic heterocycles. The summed E-state index contributed by atoms with van der Waals surface area (Å²) >= 11 is 0. The SMILES string of the molecule is CCc1ccccc1NC(=O)CNC(=O)COc1cccnc1[N+](=O)[O-]. The van der Waals surface area contributed by atoms with Gasteiger partial charge in [-0.3, -0.25) is 9.59 Å². The average Bonchev–Trinajstić information content (AvgIpc) is 2.65. The summed E-state index contributed by atoms with van der Waals surface area (Å²) in [5.74, 6) is -1.56. The lowest BCUT2D eigenvalue weighted by Crippen LogP contribution is -2.36. The summed E-state index contributed by atoms with van der Waals surface area (Å²) in [6, 6.07) is 10.2. The maximum Gasteiger partial charge on any atom is 0.406 e. The van der Waals surface area contributed by atoms with E-state index in [4.69, 9.17) is 4.74 Å². The first-order chi connectivity index (χ1) is 12.5. The Hall–Kier alpha value is -3.49. The number of nitro groups is 1. The number of carbonyl (C=O) groups is 2. The number of pyridine rings is 1. The number of nitrogens with zero attached hydrogens (tertiary/aromatic N) is 2. The number of rotatable bonds is 8. The molecular weight excluding hydrogens is 340 g/mol. The Morgan fingerprint density at radius 3 is 2.69 bits per heavy atom. The van der Waals surface area contributed by atoms with Gasteiger partial charge in [0.15, 0.2) is 6.61 Å². The number of hydrogen-bond acceptors (Lipinski definition) is 6. The summed E-state index contributed by atoms with van der Waals surface area (Å²) in [4.78, 5) is 37.4. The van der Waals surface area contributed by atoms with Crippen molar-refractivity contribution in [2.45, 2.75) is 13.3 Å². The Morgan fingerprint density at radius 1 is 1.19 bits per heavy atom. The molecule has 1 heterocycles. The number of aryl methyl sites for hydroxylation is 1. The van der Waals surface area contributed by atoms with Gasteiger partial charge in [0.05, 0.1) is 6.54 Å². The van der Waals surface area contributed by atoms with E-state index in [1.54, 1.807) is 6.07 Å². The lowest BCUT2D eigenvalue weighted by molar-refractivity contribution is -0.390. The van der Waals surface area contributed by atoms with Crippen LogP contribution in [0, 0.1) is 10.1 Å². The molecule has 0 atom stereocenters. The zero-order valence-electron chi connectivity index (χ0n) is 14.1. The van der Waals surface area contributed by atoms with E-state index in [1.165, 1.54) is 18.3 Å². The van der Waals surface area contributed by atoms with Crippen LogP contribution in [-0.2, 0) is 16.0 Å². The highest BCUT2D eigenvalue weighted by atomic mass is 16.6. The van der Waals surface area contributed by atoms with Crippen LogP contribution in [-0.4, -0.2) is 34.9 Å². The molecule has 2 aromatic rings. The van der Waals surface area contributed by atoms with Gasteiger partial charge in [0.2, 0.25) is 11.7 Å². The third kappa shape index (κ3) is 5.26. The van der Waals surface area contributed by atoms with Gasteiger partial charge in [0.25, 0.3) is 5.91 Å². The largest absolute Gasteiger partial charge is 0.476 e. The molecule has 0 fully saturated rings. The van der Waals surface area contributed by atoms with Crippen molar-refractivity contribution in [1.29, 1.82) is 0 Å². The quantitative estimate of drug-likeness (QED) is 0.547. The number of aromatic nitrogens is 1. The molecule has 1 aromatic carbocycles. The standard InChI is InChI=1S/C17H18N4O5/c1-2-12-6-3-4-7-13(12)20-15(22)10-19-16(23)11-26-14-8-5-9-18-17(14)21(24)25/h3-9H,2,10-11H2,1H3,(H,19,23)(H,20,22). The number of anilines is 1. The van der Waals surface area contributed by atoms with Crippen LogP contribution in [0.1, 0.15) is 12.5 Å². The van der Waals surface area contributed by atoms with Gasteiger partial charge in [-0.15, -0.1) is 0 Å². The number of ether oxygens (including phenoxy) is 1. The van der Waals surface area contributed by atoms with E-state index in [1.807, 2.05) is 25.1 Å². The molecule has 0 saturated carbocycles. The first-order valence-corrected chi connectivity index (χ1v) is 7.88. The summed E-state index contributed by atoms with van der Waals surface area (Å²) in [7, 11) is 0. The summed E-state index contributed by atoms with van der Waals surface area (Å²) in [5.41, 5.74) is 1.68. The van der Waals surface area contributed by atoms with Gasteiger partial charge in [-0.2, -0.15) is 0 Å². The predicted octanol–water partition coefficient (Wildman–Crippen LogP) is 1.69. The van der Waals surface area contributed by atoms with Gasteiger partial charge in [-0.05, 0) is 40.1 Å². The number of amides is 2. The molecule has 9 nitrogen and oxygen atoms in total. The van der Waals surface area contributed by atoms with Crippen molar-refractivity contribution in [2.24, 2.45) is 0 Å². The first-order valence-electron chi connectivity index (χ1n) is 7.88. The van der Waals surface area contributed by atoms with Crippen LogP contribution >= 0.6 is 0 Å². The van der Waals surface area contributed by atoms with Gasteiger partial charge in [-0.1, -0.05) is 25.1 Å². The first kappa shape index (κ1) is 18.8. The second-order valence-corrected chi connectivity index (χ2v) is 5.21. The maximum absolute atomic E-state index is 11.9. The minimum atomic E-state index is -0.703. The number of nitrogens with one attached hydrogen (secondary N) is 2. The second kappa shape index (κ2) is 9.11. The van der Waals surface area contributed by atoms with E-state index in [9.17, 15) is 19.7 Å². The van der Waals surface area contributed by atoms with Crippen LogP contribution in [0.5, 0.6) is 5.75 Å². The van der Waals surface area contributed by atoms with Crippen molar-refractivity contribution in [3.05, 3.63) is 58.3 Å². The Morgan fingerprint density at radius 2 is 1.96 bits per heavy atom.